The molecule has 0 spiro atoms. The molecule has 2 aromatic carbocycles. The minimum atomic E-state index is 0.132. The first kappa shape index (κ1) is 15.8. The Morgan fingerprint density at radius 1 is 1.13 bits per heavy atom. The maximum atomic E-state index is 8.96. The van der Waals surface area contributed by atoms with E-state index in [-0.39, 0.29) is 6.61 Å². The van der Waals surface area contributed by atoms with Gasteiger partial charge in [-0.25, -0.2) is 0 Å². The Hall–Kier alpha value is -2.09. The van der Waals surface area contributed by atoms with Crippen LogP contribution in [0.2, 0.25) is 0 Å². The second-order valence-corrected chi connectivity index (χ2v) is 6.78. The molecule has 0 atom stereocenters. The molecule has 118 valence electrons. The summed E-state index contributed by atoms with van der Waals surface area (Å²) in [7, 11) is 1.94. The summed E-state index contributed by atoms with van der Waals surface area (Å²) in [6.45, 7) is 0.732. The topological polar surface area (TPSA) is 64.0 Å². The highest BCUT2D eigenvalue weighted by atomic mass is 32.1. The molecule has 0 fully saturated rings. The zero-order chi connectivity index (χ0) is 16.2. The van der Waals surface area contributed by atoms with Gasteiger partial charge >= 0.3 is 0 Å². The summed E-state index contributed by atoms with van der Waals surface area (Å²) >= 11 is 6.67. The lowest BCUT2D eigenvalue weighted by Gasteiger charge is -2.17. The van der Waals surface area contributed by atoms with Crippen LogP contribution in [0.25, 0.3) is 10.2 Å². The van der Waals surface area contributed by atoms with E-state index in [9.17, 15) is 0 Å². The van der Waals surface area contributed by atoms with Crippen molar-refractivity contribution in [2.45, 2.75) is 0 Å². The summed E-state index contributed by atoms with van der Waals surface area (Å²) in [5.41, 5.74) is 3.64. The number of aromatic amines is 1. The molecule has 5 nitrogen and oxygen atoms in total. The van der Waals surface area contributed by atoms with Gasteiger partial charge in [-0.3, -0.25) is 0 Å². The van der Waals surface area contributed by atoms with E-state index in [0.29, 0.717) is 6.54 Å². The van der Waals surface area contributed by atoms with Gasteiger partial charge in [-0.15, -0.1) is 11.3 Å². The van der Waals surface area contributed by atoms with Crippen LogP contribution in [-0.2, 0) is 0 Å². The zero-order valence-electron chi connectivity index (χ0n) is 12.6. The quantitative estimate of drug-likeness (QED) is 0.516. The number of benzene rings is 2. The molecule has 7 heteroatoms. The molecule has 2 N–H and O–H groups in total. The van der Waals surface area contributed by atoms with Gasteiger partial charge in [0.25, 0.3) is 0 Å². The number of anilines is 1. The van der Waals surface area contributed by atoms with Crippen LogP contribution in [0.4, 0.5) is 17.1 Å². The van der Waals surface area contributed by atoms with E-state index < -0.39 is 0 Å². The number of aliphatic hydroxyl groups excluding tert-OH is 1. The smallest absolute Gasteiger partial charge is 0.159 e. The Labute approximate surface area is 142 Å². The number of aromatic nitrogens is 1. The van der Waals surface area contributed by atoms with Crippen molar-refractivity contribution in [1.29, 1.82) is 0 Å². The minimum absolute atomic E-state index is 0.132. The van der Waals surface area contributed by atoms with Crippen molar-refractivity contribution in [1.82, 2.24) is 4.98 Å². The fourth-order valence-corrected chi connectivity index (χ4v) is 3.31. The van der Waals surface area contributed by atoms with E-state index in [2.05, 4.69) is 15.2 Å². The molecular weight excluding hydrogens is 328 g/mol. The van der Waals surface area contributed by atoms with Crippen LogP contribution in [0.5, 0.6) is 0 Å². The SMILES string of the molecule is CN(CCO)c1ccc(N=Nc2ccc3[nH]c(=S)sc3c2)cc1. The molecule has 0 radical (unpaired) electrons. The van der Waals surface area contributed by atoms with Crippen molar-refractivity contribution < 1.29 is 5.11 Å². The van der Waals surface area contributed by atoms with E-state index in [4.69, 9.17) is 17.3 Å². The maximum absolute atomic E-state index is 8.96. The van der Waals surface area contributed by atoms with Crippen molar-refractivity contribution >= 4 is 50.8 Å². The molecular formula is C16H16N4OS2. The van der Waals surface area contributed by atoms with Gasteiger partial charge in [0.05, 0.1) is 28.2 Å². The average Bonchev–Trinajstić information content (AvgIpc) is 2.93. The van der Waals surface area contributed by atoms with Crippen LogP contribution in [0.15, 0.2) is 52.7 Å². The highest BCUT2D eigenvalue weighted by Crippen LogP contribution is 2.26. The van der Waals surface area contributed by atoms with Crippen molar-refractivity contribution in [3.63, 3.8) is 0 Å². The molecule has 0 saturated carbocycles. The number of hydrogen-bond acceptors (Lipinski definition) is 6. The lowest BCUT2D eigenvalue weighted by Crippen LogP contribution is -2.20. The fraction of sp³-hybridized carbons (Fsp3) is 0.188. The Kier molecular flexibility index (Phi) is 4.80. The number of nitrogens with one attached hydrogen (secondary N) is 1. The lowest BCUT2D eigenvalue weighted by atomic mass is 10.2. The van der Waals surface area contributed by atoms with Crippen molar-refractivity contribution in [2.75, 3.05) is 25.1 Å². The number of azo groups is 1. The summed E-state index contributed by atoms with van der Waals surface area (Å²) in [5.74, 6) is 0. The third-order valence-electron chi connectivity index (χ3n) is 3.41. The van der Waals surface area contributed by atoms with Gasteiger partial charge in [-0.1, -0.05) is 0 Å². The van der Waals surface area contributed by atoms with E-state index in [1.807, 2.05) is 54.4 Å². The largest absolute Gasteiger partial charge is 0.395 e. The molecule has 0 aliphatic heterocycles. The molecule has 1 aromatic heterocycles. The Morgan fingerprint density at radius 2 is 1.83 bits per heavy atom. The van der Waals surface area contributed by atoms with Gasteiger partial charge < -0.3 is 15.0 Å². The molecule has 3 aromatic rings. The van der Waals surface area contributed by atoms with Gasteiger partial charge in [-0.05, 0) is 54.7 Å². The van der Waals surface area contributed by atoms with Crippen LogP contribution >= 0.6 is 23.6 Å². The lowest BCUT2D eigenvalue weighted by molar-refractivity contribution is 0.304. The van der Waals surface area contributed by atoms with Crippen LogP contribution in [0, 0.1) is 3.95 Å². The van der Waals surface area contributed by atoms with Gasteiger partial charge in [0.15, 0.2) is 3.95 Å². The van der Waals surface area contributed by atoms with Gasteiger partial charge in [-0.2, -0.15) is 10.2 Å². The first-order valence-corrected chi connectivity index (χ1v) is 8.35. The third-order valence-corrected chi connectivity index (χ3v) is 4.61. The normalized spacial score (nSPS) is 11.4. The van der Waals surface area contributed by atoms with Crippen molar-refractivity contribution in [3.8, 4) is 0 Å². The van der Waals surface area contributed by atoms with Crippen LogP contribution in [0.3, 0.4) is 0 Å². The maximum Gasteiger partial charge on any atom is 0.159 e. The molecule has 3 rings (SSSR count). The predicted octanol–water partition coefficient (Wildman–Crippen LogP) is 4.80. The van der Waals surface area contributed by atoms with E-state index >= 15 is 0 Å². The first-order chi connectivity index (χ1) is 11.2. The number of aliphatic hydroxyl groups is 1. The molecule has 0 amide bonds. The van der Waals surface area contributed by atoms with Crippen LogP contribution in [-0.4, -0.2) is 30.3 Å². The molecule has 0 bridgehead atoms. The molecule has 0 aliphatic carbocycles. The minimum Gasteiger partial charge on any atom is -0.395 e. The molecule has 0 unspecified atom stereocenters. The first-order valence-electron chi connectivity index (χ1n) is 7.12. The van der Waals surface area contributed by atoms with E-state index in [0.717, 1.165) is 31.2 Å². The standard InChI is InChI=1S/C16H16N4OS2/c1-20(8-9-21)13-5-2-11(3-6-13)18-19-12-4-7-14-15(10-12)23-16(22)17-14/h2-7,10,21H,8-9H2,1H3,(H,17,22). The number of H-pyrrole nitrogens is 1. The van der Waals surface area contributed by atoms with E-state index in [1.54, 1.807) is 0 Å². The number of thiazole rings is 1. The van der Waals surface area contributed by atoms with Crippen molar-refractivity contribution in [3.05, 3.63) is 46.4 Å². The van der Waals surface area contributed by atoms with Crippen LogP contribution < -0.4 is 4.90 Å². The number of rotatable bonds is 5. The predicted molar refractivity (Wildman–Crippen MR) is 98.0 cm³/mol. The molecule has 1 heterocycles. The summed E-state index contributed by atoms with van der Waals surface area (Å²) in [6, 6.07) is 13.6. The Morgan fingerprint density at radius 3 is 2.57 bits per heavy atom. The summed E-state index contributed by atoms with van der Waals surface area (Å²) in [5, 5.41) is 17.5. The average molecular weight is 344 g/mol. The van der Waals surface area contributed by atoms with Gasteiger partial charge in [0.1, 0.15) is 0 Å². The number of hydrogen-bond donors (Lipinski definition) is 2. The van der Waals surface area contributed by atoms with Gasteiger partial charge in [0.2, 0.25) is 0 Å². The second-order valence-electron chi connectivity index (χ2n) is 5.06. The Bertz CT molecular complexity index is 883. The molecule has 0 aliphatic rings. The van der Waals surface area contributed by atoms with E-state index in [1.165, 1.54) is 11.3 Å². The Balaban J connectivity index is 1.76. The summed E-state index contributed by atoms with van der Waals surface area (Å²) in [6.07, 6.45) is 0. The number of likely N-dealkylation sites (N-methyl/N-ethyl adjacent to an activating group) is 1. The molecule has 0 saturated heterocycles. The fourth-order valence-electron chi connectivity index (χ4n) is 2.16. The third kappa shape index (κ3) is 3.82. The highest BCUT2D eigenvalue weighted by molar-refractivity contribution is 7.73. The summed E-state index contributed by atoms with van der Waals surface area (Å²) in [4.78, 5) is 5.11. The summed E-state index contributed by atoms with van der Waals surface area (Å²) < 4.78 is 1.84. The monoisotopic (exact) mass is 344 g/mol. The van der Waals surface area contributed by atoms with Crippen molar-refractivity contribution in [2.24, 2.45) is 10.2 Å². The number of fused-ring (bicyclic) bond motifs is 1. The van der Waals surface area contributed by atoms with Crippen LogP contribution in [0.1, 0.15) is 0 Å². The van der Waals surface area contributed by atoms with Gasteiger partial charge in [0, 0.05) is 19.3 Å². The highest BCUT2D eigenvalue weighted by Gasteiger charge is 2.01. The second kappa shape index (κ2) is 6.99. The molecule has 23 heavy (non-hydrogen) atoms. The zero-order valence-corrected chi connectivity index (χ0v) is 14.2. The number of nitrogens with zero attached hydrogens (tertiary/aromatic N) is 3.